The van der Waals surface area contributed by atoms with Crippen molar-refractivity contribution in [3.05, 3.63) is 82.2 Å². The normalized spacial score (nSPS) is 13.9. The van der Waals surface area contributed by atoms with Gasteiger partial charge in [0.2, 0.25) is 0 Å². The molecular formula is C47H91N4O9PSi2. The second-order valence-corrected chi connectivity index (χ2v) is 31.2. The average molecular weight is 943 g/mol. The van der Waals surface area contributed by atoms with E-state index in [2.05, 4.69) is 122 Å². The molecular weight excluding hydrogens is 852 g/mol. The quantitative estimate of drug-likeness (QED) is 0.0158. The number of ether oxygens (including phenoxy) is 6. The van der Waals surface area contributed by atoms with Crippen molar-refractivity contribution in [2.24, 2.45) is 10.8 Å². The summed E-state index contributed by atoms with van der Waals surface area (Å²) in [6, 6.07) is 20.4. The fraction of sp³-hybridized carbons (Fsp3) is 0.745. The number of unbranched alkanes of at least 4 members (excludes halogenated alkanes) is 2. The van der Waals surface area contributed by atoms with Gasteiger partial charge in [0, 0.05) is 37.9 Å². The van der Waals surface area contributed by atoms with Gasteiger partial charge in [-0.2, -0.15) is 0 Å². The minimum absolute atomic E-state index is 0. The highest BCUT2D eigenvalue weighted by Gasteiger charge is 2.40. The van der Waals surface area contributed by atoms with E-state index in [0.29, 0.717) is 60.7 Å². The van der Waals surface area contributed by atoms with Crippen LogP contribution < -0.4 is 5.73 Å². The third-order valence-corrected chi connectivity index (χ3v) is 19.5. The topological polar surface area (TPSA) is 180 Å². The van der Waals surface area contributed by atoms with Gasteiger partial charge in [0.1, 0.15) is 0 Å². The molecule has 2 aromatic rings. The van der Waals surface area contributed by atoms with Crippen molar-refractivity contribution in [1.29, 1.82) is 0 Å². The summed E-state index contributed by atoms with van der Waals surface area (Å²) in [4.78, 5) is 2.86. The van der Waals surface area contributed by atoms with E-state index in [1.165, 1.54) is 11.1 Å². The van der Waals surface area contributed by atoms with E-state index in [1.54, 1.807) is 0 Å². The number of nitrogens with zero attached hydrogens (tertiary/aromatic N) is 3. The lowest BCUT2D eigenvalue weighted by molar-refractivity contribution is -0.145. The molecule has 0 heterocycles. The summed E-state index contributed by atoms with van der Waals surface area (Å²) >= 11 is 0. The van der Waals surface area contributed by atoms with E-state index in [1.807, 2.05) is 50.2 Å². The Bertz CT molecular complexity index is 1410. The number of benzene rings is 2. The number of rotatable bonds is 29. The van der Waals surface area contributed by atoms with E-state index in [4.69, 9.17) is 48.5 Å². The van der Waals surface area contributed by atoms with Crippen LogP contribution in [0.15, 0.2) is 65.8 Å². The Labute approximate surface area is 387 Å². The lowest BCUT2D eigenvalue weighted by atomic mass is 10.2. The average Bonchev–Trinajstić information content (AvgIpc) is 3.19. The Hall–Kier alpha value is -1.79. The highest BCUT2D eigenvalue weighted by Crippen LogP contribution is 2.38. The molecule has 0 aromatic heterocycles. The van der Waals surface area contributed by atoms with Crippen LogP contribution in [0.4, 0.5) is 0 Å². The van der Waals surface area contributed by atoms with Crippen molar-refractivity contribution in [2.45, 2.75) is 155 Å². The molecule has 0 amide bonds. The second kappa shape index (κ2) is 35.4. The summed E-state index contributed by atoms with van der Waals surface area (Å²) in [7, 11) is -3.44. The fourth-order valence-corrected chi connectivity index (χ4v) is 7.49. The lowest BCUT2D eigenvalue weighted by Gasteiger charge is -2.39. The van der Waals surface area contributed by atoms with Crippen LogP contribution in [0.2, 0.25) is 36.3 Å². The van der Waals surface area contributed by atoms with E-state index in [-0.39, 0.29) is 46.9 Å². The summed E-state index contributed by atoms with van der Waals surface area (Å²) in [5.41, 5.74) is 16.9. The molecule has 63 heavy (non-hydrogen) atoms. The Kier molecular flexibility index (Phi) is 35.6. The van der Waals surface area contributed by atoms with E-state index < -0.39 is 16.6 Å². The van der Waals surface area contributed by atoms with Gasteiger partial charge >= 0.3 is 0 Å². The maximum absolute atomic E-state index is 8.66. The first kappa shape index (κ1) is 63.3. The van der Waals surface area contributed by atoms with Crippen LogP contribution in [0.25, 0.3) is 10.4 Å². The zero-order valence-electron chi connectivity index (χ0n) is 42.1. The smallest absolute Gasteiger partial charge is 0.192 e. The number of azide groups is 1. The van der Waals surface area contributed by atoms with E-state index in [0.717, 1.165) is 32.3 Å². The zero-order valence-corrected chi connectivity index (χ0v) is 45.0. The lowest BCUT2D eigenvalue weighted by Crippen LogP contribution is -2.47. The summed E-state index contributed by atoms with van der Waals surface area (Å²) < 4.78 is 47.1. The molecule has 0 saturated carbocycles. The van der Waals surface area contributed by atoms with Gasteiger partial charge in [0.15, 0.2) is 29.2 Å². The van der Waals surface area contributed by atoms with Crippen molar-refractivity contribution in [3.63, 3.8) is 0 Å². The molecule has 0 spiro atoms. The summed E-state index contributed by atoms with van der Waals surface area (Å²) in [5, 5.41) is 3.92. The molecule has 0 saturated heterocycles. The zero-order chi connectivity index (χ0) is 47.1. The van der Waals surface area contributed by atoms with Crippen molar-refractivity contribution < 1.29 is 42.7 Å². The van der Waals surface area contributed by atoms with E-state index >= 15 is 0 Å². The summed E-state index contributed by atoms with van der Waals surface area (Å²) in [5.74, 6) is 0. The maximum atomic E-state index is 8.66. The van der Waals surface area contributed by atoms with Crippen LogP contribution in [0.3, 0.4) is 0 Å². The first-order valence-corrected chi connectivity index (χ1v) is 30.9. The predicted octanol–water partition coefficient (Wildman–Crippen LogP) is 11.3. The van der Waals surface area contributed by atoms with Gasteiger partial charge in [0.05, 0.1) is 45.2 Å². The molecule has 4 unspecified atom stereocenters. The van der Waals surface area contributed by atoms with Gasteiger partial charge in [-0.1, -0.05) is 107 Å². The molecule has 16 heteroatoms. The van der Waals surface area contributed by atoms with Crippen LogP contribution >= 0.6 is 7.92 Å². The first-order valence-electron chi connectivity index (χ1n) is 22.4. The van der Waals surface area contributed by atoms with Gasteiger partial charge in [0.25, 0.3) is 0 Å². The second-order valence-electron chi connectivity index (χ2n) is 19.0. The van der Waals surface area contributed by atoms with Crippen molar-refractivity contribution in [1.82, 2.24) is 0 Å². The van der Waals surface area contributed by atoms with Gasteiger partial charge in [-0.15, -0.1) is 7.92 Å². The first-order chi connectivity index (χ1) is 29.0. The van der Waals surface area contributed by atoms with Gasteiger partial charge in [-0.05, 0) is 112 Å². The Morgan fingerprint density at radius 2 is 0.968 bits per heavy atom. The largest absolute Gasteiger partial charge is 0.412 e. The van der Waals surface area contributed by atoms with Crippen molar-refractivity contribution in [2.75, 3.05) is 72.7 Å². The third-order valence-electron chi connectivity index (χ3n) is 10.5. The molecule has 0 bridgehead atoms. The van der Waals surface area contributed by atoms with Gasteiger partial charge < -0.3 is 48.5 Å². The number of hydrogen-bond acceptors (Lipinski definition) is 10. The third kappa shape index (κ3) is 33.4. The molecule has 0 radical (unpaired) electrons. The monoisotopic (exact) mass is 943 g/mol. The standard InChI is InChI=1S/C22H39N3O4Si.C22H41NO4Si.C3H9P.H2O/c1-19(27-15-11-10-14-26-17-20-12-8-7-9-13-20)28-18-21(16-24-25-23)29-30(5,6)22(2,3)4;1-19(26-18-21(16-23)27-28(5,6)22(2,3)4)25-15-11-10-14-24-17-20-12-8-7-9-13-20;1-4(2)3;/h7-9,12-13,19,21H,10-11,14-18H2,1-6H3;7-9,12-13,19,21H,10-11,14-18,23H2,1-6H3;1-3H3;1H2. The molecule has 0 fully saturated rings. The molecule has 0 aliphatic rings. The Morgan fingerprint density at radius 3 is 1.32 bits per heavy atom. The van der Waals surface area contributed by atoms with E-state index in [9.17, 15) is 0 Å². The molecule has 4 atom stereocenters. The van der Waals surface area contributed by atoms with Crippen molar-refractivity contribution in [3.8, 4) is 0 Å². The molecule has 2 aromatic carbocycles. The maximum Gasteiger partial charge on any atom is 0.192 e. The minimum atomic E-state index is -1.98. The van der Waals surface area contributed by atoms with Crippen LogP contribution in [-0.4, -0.2) is 120 Å². The molecule has 4 N–H and O–H groups in total. The van der Waals surface area contributed by atoms with Crippen LogP contribution in [-0.2, 0) is 50.5 Å². The molecule has 366 valence electrons. The van der Waals surface area contributed by atoms with Crippen LogP contribution in [0.1, 0.15) is 92.2 Å². The number of hydrogen-bond donors (Lipinski definition) is 1. The molecule has 0 aliphatic heterocycles. The predicted molar refractivity (Wildman–Crippen MR) is 269 cm³/mol. The van der Waals surface area contributed by atoms with Crippen molar-refractivity contribution >= 4 is 24.6 Å². The molecule has 2 rings (SSSR count). The Morgan fingerprint density at radius 1 is 0.619 bits per heavy atom. The SMILES string of the molecule is CC(OCCCCOCc1ccccc1)OCC(CN)O[Si](C)(C)C(C)(C)C.CC(OCCCCOCc1ccccc1)OCC(CN=[N+]=[N-])O[Si](C)(C)C(C)(C)C.CP(C)C.O. The van der Waals surface area contributed by atoms with Gasteiger partial charge in [-0.3, -0.25) is 0 Å². The highest BCUT2D eigenvalue weighted by molar-refractivity contribution is 7.55. The minimum Gasteiger partial charge on any atom is -0.412 e. The Balaban J connectivity index is 0. The van der Waals surface area contributed by atoms with Crippen LogP contribution in [0.5, 0.6) is 0 Å². The van der Waals surface area contributed by atoms with Gasteiger partial charge in [-0.25, -0.2) is 0 Å². The summed E-state index contributed by atoms with van der Waals surface area (Å²) in [6.45, 7) is 38.1. The fourth-order valence-electron chi connectivity index (χ4n) is 4.81. The summed E-state index contributed by atoms with van der Waals surface area (Å²) in [6.07, 6.45) is 2.81. The highest BCUT2D eigenvalue weighted by atomic mass is 31.1. The number of nitrogens with two attached hydrogens (primary N) is 1. The molecule has 0 aliphatic carbocycles. The van der Waals surface area contributed by atoms with Crippen LogP contribution in [0, 0.1) is 0 Å². The molecule has 13 nitrogen and oxygen atoms in total.